The lowest BCUT2D eigenvalue weighted by atomic mass is 10.5. The third-order valence-electron chi connectivity index (χ3n) is 1.44. The molecule has 0 saturated heterocycles. The van der Waals surface area contributed by atoms with E-state index < -0.39 is 0 Å². The second-order valence-electron chi connectivity index (χ2n) is 2.30. The van der Waals surface area contributed by atoms with Crippen LogP contribution >= 0.6 is 23.3 Å². The van der Waals surface area contributed by atoms with E-state index in [2.05, 4.69) is 22.6 Å². The first-order valence-electron chi connectivity index (χ1n) is 4.37. The molecule has 0 aliphatic rings. The molecule has 0 amide bonds. The summed E-state index contributed by atoms with van der Waals surface area (Å²) >= 11 is 3.45. The van der Waals surface area contributed by atoms with E-state index >= 15 is 0 Å². The summed E-state index contributed by atoms with van der Waals surface area (Å²) in [4.78, 5) is 4.34. The van der Waals surface area contributed by atoms with E-state index in [1.165, 1.54) is 5.00 Å². The van der Waals surface area contributed by atoms with Gasteiger partial charge in [-0.05, 0) is 13.8 Å². The minimum Gasteiger partial charge on any atom is -0.309 e. The number of aryl methyl sites for hydroxylation is 2. The van der Waals surface area contributed by atoms with Crippen molar-refractivity contribution in [2.45, 2.75) is 27.7 Å². The number of nitrogens with zero attached hydrogens (tertiary/aromatic N) is 2. The molecule has 0 radical (unpaired) electrons. The normalized spacial score (nSPS) is 9.08. The van der Waals surface area contributed by atoms with Gasteiger partial charge in [-0.2, -0.15) is 0 Å². The first-order chi connectivity index (χ1) is 6.15. The molecule has 1 heterocycles. The van der Waals surface area contributed by atoms with Crippen molar-refractivity contribution < 1.29 is 0 Å². The monoisotopic (exact) mass is 218 g/mol. The molecule has 13 heavy (non-hydrogen) atoms. The number of rotatable bonds is 2. The van der Waals surface area contributed by atoms with Crippen LogP contribution in [0.25, 0.3) is 0 Å². The van der Waals surface area contributed by atoms with Crippen LogP contribution in [0.15, 0.2) is 0 Å². The summed E-state index contributed by atoms with van der Waals surface area (Å²) in [6.07, 6.45) is 2.06. The topological polar surface area (TPSA) is 16.1 Å². The summed E-state index contributed by atoms with van der Waals surface area (Å²) in [6, 6.07) is 0. The first-order valence-corrected chi connectivity index (χ1v) is 6.37. The highest BCUT2D eigenvalue weighted by atomic mass is 32.2. The largest absolute Gasteiger partial charge is 0.309 e. The summed E-state index contributed by atoms with van der Waals surface area (Å²) < 4.78 is 2.14. The molecule has 0 fully saturated rings. The van der Waals surface area contributed by atoms with Crippen molar-refractivity contribution in [2.75, 3.05) is 17.6 Å². The average Bonchev–Trinajstić information content (AvgIpc) is 2.47. The minimum atomic E-state index is 1.13. The van der Waals surface area contributed by atoms with E-state index in [-0.39, 0.29) is 0 Å². The van der Waals surface area contributed by atoms with Gasteiger partial charge in [0.15, 0.2) is 0 Å². The van der Waals surface area contributed by atoms with Crippen molar-refractivity contribution >= 4 is 28.3 Å². The maximum Gasteiger partial charge on any atom is 0.124 e. The van der Waals surface area contributed by atoms with Gasteiger partial charge in [0.2, 0.25) is 0 Å². The van der Waals surface area contributed by atoms with Gasteiger partial charge in [-0.25, -0.2) is 4.98 Å². The molecule has 1 aromatic heterocycles. The van der Waals surface area contributed by atoms with Gasteiger partial charge in [0.05, 0.1) is 10.7 Å². The average molecular weight is 218 g/mol. The highest BCUT2D eigenvalue weighted by Gasteiger charge is 2.07. The molecule has 4 heteroatoms. The molecular formula is C9H18N2S2. The van der Waals surface area contributed by atoms with Crippen molar-refractivity contribution in [3.05, 3.63) is 10.7 Å². The first kappa shape index (κ1) is 12.8. The summed E-state index contributed by atoms with van der Waals surface area (Å²) in [5.74, 6) is 0. The van der Waals surface area contributed by atoms with Crippen LogP contribution in [0.4, 0.5) is 5.00 Å². The fraction of sp³-hybridized carbons (Fsp3) is 0.667. The van der Waals surface area contributed by atoms with Crippen LogP contribution in [0.2, 0.25) is 0 Å². The Morgan fingerprint density at radius 3 is 2.15 bits per heavy atom. The molecular weight excluding hydrogens is 200 g/mol. The van der Waals surface area contributed by atoms with Crippen molar-refractivity contribution in [3.63, 3.8) is 0 Å². The van der Waals surface area contributed by atoms with Crippen LogP contribution in [-0.2, 0) is 0 Å². The van der Waals surface area contributed by atoms with E-state index in [4.69, 9.17) is 0 Å². The van der Waals surface area contributed by atoms with Crippen LogP contribution in [0.5, 0.6) is 0 Å². The van der Waals surface area contributed by atoms with Crippen molar-refractivity contribution in [1.29, 1.82) is 0 Å². The zero-order valence-electron chi connectivity index (χ0n) is 9.21. The molecule has 0 aromatic carbocycles. The van der Waals surface area contributed by atoms with E-state index in [1.807, 2.05) is 27.7 Å². The van der Waals surface area contributed by atoms with Gasteiger partial charge in [0, 0.05) is 13.3 Å². The number of hydrogen-bond donors (Lipinski definition) is 0. The summed E-state index contributed by atoms with van der Waals surface area (Å²) in [7, 11) is 2.06. The van der Waals surface area contributed by atoms with Crippen molar-refractivity contribution in [1.82, 2.24) is 4.98 Å². The van der Waals surface area contributed by atoms with Gasteiger partial charge < -0.3 is 4.31 Å². The molecule has 0 atom stereocenters. The van der Waals surface area contributed by atoms with Gasteiger partial charge in [-0.1, -0.05) is 25.8 Å². The molecule has 76 valence electrons. The molecule has 0 saturated carbocycles. The lowest BCUT2D eigenvalue weighted by molar-refractivity contribution is 1.18. The molecule has 0 bridgehead atoms. The molecule has 0 aliphatic carbocycles. The lowest BCUT2D eigenvalue weighted by Crippen LogP contribution is -2.03. The van der Waals surface area contributed by atoms with E-state index in [1.54, 1.807) is 23.3 Å². The Morgan fingerprint density at radius 1 is 1.31 bits per heavy atom. The van der Waals surface area contributed by atoms with Crippen LogP contribution in [-0.4, -0.2) is 18.3 Å². The van der Waals surface area contributed by atoms with Crippen molar-refractivity contribution in [2.24, 2.45) is 0 Å². The number of aromatic nitrogens is 1. The fourth-order valence-electron chi connectivity index (χ4n) is 0.896. The predicted octanol–water partition coefficient (Wildman–Crippen LogP) is 3.50. The van der Waals surface area contributed by atoms with E-state index in [0.717, 1.165) is 10.7 Å². The zero-order valence-corrected chi connectivity index (χ0v) is 10.8. The number of thiazole rings is 1. The standard InChI is InChI=1S/C7H12N2S2.C2H6/c1-5-7(9(3)10-4)11-6(2)8-5;1-2/h1-4H3;1-2H3. The predicted molar refractivity (Wildman–Crippen MR) is 64.9 cm³/mol. The zero-order chi connectivity index (χ0) is 10.4. The maximum atomic E-state index is 4.34. The fourth-order valence-corrected chi connectivity index (χ4v) is 2.31. The smallest absolute Gasteiger partial charge is 0.124 e. The maximum absolute atomic E-state index is 4.34. The highest BCUT2D eigenvalue weighted by Crippen LogP contribution is 2.29. The van der Waals surface area contributed by atoms with E-state index in [0.29, 0.717) is 0 Å². The molecule has 0 N–H and O–H groups in total. The van der Waals surface area contributed by atoms with Crippen LogP contribution in [0.3, 0.4) is 0 Å². The van der Waals surface area contributed by atoms with Crippen LogP contribution in [0.1, 0.15) is 24.5 Å². The third-order valence-corrected chi connectivity index (χ3v) is 3.43. The molecule has 1 rings (SSSR count). The van der Waals surface area contributed by atoms with E-state index in [9.17, 15) is 0 Å². The van der Waals surface area contributed by atoms with Gasteiger partial charge in [0.25, 0.3) is 0 Å². The third kappa shape index (κ3) is 3.56. The molecule has 0 spiro atoms. The Balaban J connectivity index is 0.000000671. The number of hydrogen-bond acceptors (Lipinski definition) is 4. The Hall–Kier alpha value is -0.220. The SMILES string of the molecule is CC.CSN(C)c1sc(C)nc1C. The molecule has 0 aliphatic heterocycles. The van der Waals surface area contributed by atoms with Crippen LogP contribution in [0, 0.1) is 13.8 Å². The second kappa shape index (κ2) is 6.27. The molecule has 1 aromatic rings. The van der Waals surface area contributed by atoms with Gasteiger partial charge in [0.1, 0.15) is 5.00 Å². The van der Waals surface area contributed by atoms with Gasteiger partial charge in [-0.3, -0.25) is 0 Å². The summed E-state index contributed by atoms with van der Waals surface area (Å²) in [5.41, 5.74) is 1.13. The molecule has 0 unspecified atom stereocenters. The Kier molecular flexibility index (Phi) is 6.16. The number of anilines is 1. The lowest BCUT2D eigenvalue weighted by Gasteiger charge is -2.12. The quantitative estimate of drug-likeness (QED) is 0.707. The second-order valence-corrected chi connectivity index (χ2v) is 4.40. The van der Waals surface area contributed by atoms with Gasteiger partial charge >= 0.3 is 0 Å². The molecule has 2 nitrogen and oxygen atoms in total. The summed E-state index contributed by atoms with van der Waals surface area (Å²) in [5, 5.41) is 2.40. The Bertz CT molecular complexity index is 246. The minimum absolute atomic E-state index is 1.13. The van der Waals surface area contributed by atoms with Crippen LogP contribution < -0.4 is 4.31 Å². The van der Waals surface area contributed by atoms with Gasteiger partial charge in [-0.15, -0.1) is 11.3 Å². The van der Waals surface area contributed by atoms with Crippen molar-refractivity contribution in [3.8, 4) is 0 Å². The summed E-state index contributed by atoms with van der Waals surface area (Å²) in [6.45, 7) is 8.08. The Morgan fingerprint density at radius 2 is 1.85 bits per heavy atom. The highest BCUT2D eigenvalue weighted by molar-refractivity contribution is 8.00. The Labute approximate surface area is 89.5 Å².